The molecule has 2 fully saturated rings. The van der Waals surface area contributed by atoms with Gasteiger partial charge in [0.05, 0.1) is 47.5 Å². The molecule has 0 amide bonds. The number of carbonyl (C=O) groups is 2. The molecule has 9 heteroatoms. The van der Waals surface area contributed by atoms with Crippen LogP contribution in [0.1, 0.15) is 140 Å². The molecule has 0 radical (unpaired) electrons. The zero-order valence-electron chi connectivity index (χ0n) is 32.8. The van der Waals surface area contributed by atoms with Crippen LogP contribution in [0.3, 0.4) is 0 Å². The summed E-state index contributed by atoms with van der Waals surface area (Å²) in [6, 6.07) is 0. The normalized spacial score (nSPS) is 30.7. The number of ether oxygens (including phenoxy) is 2. The molecular formula is C41H72O9. The average molecular weight is 709 g/mol. The molecule has 9 nitrogen and oxygen atoms in total. The Hall–Kier alpha value is -1.78. The summed E-state index contributed by atoms with van der Waals surface area (Å²) < 4.78 is 12.7. The van der Waals surface area contributed by atoms with Crippen LogP contribution in [0.5, 0.6) is 0 Å². The molecule has 0 aromatic rings. The van der Waals surface area contributed by atoms with Crippen molar-refractivity contribution in [3.8, 4) is 0 Å². The van der Waals surface area contributed by atoms with Gasteiger partial charge in [-0.3, -0.25) is 9.59 Å². The first-order valence-corrected chi connectivity index (χ1v) is 19.4. The lowest BCUT2D eigenvalue weighted by Gasteiger charge is -2.35. The van der Waals surface area contributed by atoms with E-state index in [0.717, 1.165) is 38.5 Å². The van der Waals surface area contributed by atoms with Gasteiger partial charge < -0.3 is 35.0 Å². The summed E-state index contributed by atoms with van der Waals surface area (Å²) >= 11 is 0. The van der Waals surface area contributed by atoms with Crippen LogP contribution in [0.4, 0.5) is 0 Å². The molecule has 2 rings (SSSR count). The van der Waals surface area contributed by atoms with Crippen molar-refractivity contribution in [2.75, 3.05) is 0 Å². The highest BCUT2D eigenvalue weighted by Crippen LogP contribution is 2.45. The van der Waals surface area contributed by atoms with Gasteiger partial charge in [0.1, 0.15) is 0 Å². The number of allylic oxidation sites excluding steroid dienone is 3. The van der Waals surface area contributed by atoms with E-state index < -0.39 is 35.5 Å². The van der Waals surface area contributed by atoms with Gasteiger partial charge in [0.25, 0.3) is 0 Å². The van der Waals surface area contributed by atoms with Crippen LogP contribution in [-0.2, 0) is 19.1 Å². The molecule has 2 heterocycles. The average Bonchev–Trinajstić information content (AvgIpc) is 3.63. The third-order valence-corrected chi connectivity index (χ3v) is 11.9. The molecule has 50 heavy (non-hydrogen) atoms. The summed E-state index contributed by atoms with van der Waals surface area (Å²) in [6.45, 7) is 19.7. The SMILES string of the molecule is C[C@H](CCC(=O)O)C[C@H](C)C[C@H](C)C(=O)/C=C(\O)[C@H](C)C[C@H](C)C/C=C/[C@@H](C)[C@@H](O)[C@@H](C)[C@@H](O)CC1CC[C@@](C)([C@H]2CC[C@@](C)([C@@H](C)O)O2)O1. The fraction of sp³-hybridized carbons (Fsp3) is 0.854. The smallest absolute Gasteiger partial charge is 0.303 e. The van der Waals surface area contributed by atoms with E-state index in [-0.39, 0.29) is 71.6 Å². The van der Waals surface area contributed by atoms with Crippen LogP contribution in [0, 0.1) is 41.4 Å². The number of hydrogen-bond acceptors (Lipinski definition) is 8. The summed E-state index contributed by atoms with van der Waals surface area (Å²) in [7, 11) is 0. The van der Waals surface area contributed by atoms with Crippen molar-refractivity contribution in [3.63, 3.8) is 0 Å². The maximum atomic E-state index is 12.8. The zero-order chi connectivity index (χ0) is 38.0. The molecule has 0 bridgehead atoms. The Balaban J connectivity index is 1.77. The van der Waals surface area contributed by atoms with Gasteiger partial charge in [-0.05, 0) is 103 Å². The van der Waals surface area contributed by atoms with Crippen molar-refractivity contribution in [2.45, 2.75) is 182 Å². The molecule has 0 spiro atoms. The monoisotopic (exact) mass is 709 g/mol. The van der Waals surface area contributed by atoms with Crippen molar-refractivity contribution in [1.82, 2.24) is 0 Å². The Morgan fingerprint density at radius 1 is 0.820 bits per heavy atom. The Bertz CT molecular complexity index is 1120. The van der Waals surface area contributed by atoms with Crippen molar-refractivity contribution in [3.05, 3.63) is 24.0 Å². The lowest BCUT2D eigenvalue weighted by molar-refractivity contribution is -0.172. The lowest BCUT2D eigenvalue weighted by atomic mass is 9.85. The van der Waals surface area contributed by atoms with Crippen molar-refractivity contribution in [2.24, 2.45) is 41.4 Å². The summed E-state index contributed by atoms with van der Waals surface area (Å²) in [6.07, 6.45) is 10.8. The van der Waals surface area contributed by atoms with E-state index in [0.29, 0.717) is 25.7 Å². The van der Waals surface area contributed by atoms with E-state index >= 15 is 0 Å². The number of carbonyl (C=O) groups excluding carboxylic acids is 1. The fourth-order valence-corrected chi connectivity index (χ4v) is 8.02. The molecule has 0 aromatic carbocycles. The van der Waals surface area contributed by atoms with Gasteiger partial charge in [0, 0.05) is 36.2 Å². The molecule has 1 unspecified atom stereocenters. The van der Waals surface area contributed by atoms with Gasteiger partial charge in [-0.2, -0.15) is 0 Å². The Kier molecular flexibility index (Phi) is 17.7. The number of rotatable bonds is 22. The van der Waals surface area contributed by atoms with Gasteiger partial charge in [-0.15, -0.1) is 0 Å². The van der Waals surface area contributed by atoms with E-state index in [1.165, 1.54) is 6.08 Å². The zero-order valence-corrected chi connectivity index (χ0v) is 32.8. The summed E-state index contributed by atoms with van der Waals surface area (Å²) in [4.78, 5) is 23.7. The minimum atomic E-state index is -0.781. The third-order valence-electron chi connectivity index (χ3n) is 11.9. The second-order valence-electron chi connectivity index (χ2n) is 17.1. The molecule has 0 saturated carbocycles. The van der Waals surface area contributed by atoms with Crippen LogP contribution >= 0.6 is 0 Å². The number of carboxylic acid groups (broad SMARTS) is 1. The predicted octanol–water partition coefficient (Wildman–Crippen LogP) is 7.80. The number of aliphatic hydroxyl groups excluding tert-OH is 4. The van der Waals surface area contributed by atoms with E-state index in [1.807, 2.05) is 40.7 Å². The molecule has 2 saturated heterocycles. The Morgan fingerprint density at radius 3 is 2.06 bits per heavy atom. The van der Waals surface area contributed by atoms with Gasteiger partial charge in [-0.25, -0.2) is 0 Å². The molecular weight excluding hydrogens is 636 g/mol. The minimum absolute atomic E-state index is 0.0809. The van der Waals surface area contributed by atoms with Crippen molar-refractivity contribution in [1.29, 1.82) is 0 Å². The van der Waals surface area contributed by atoms with Crippen LogP contribution in [0.25, 0.3) is 0 Å². The first kappa shape index (κ1) is 44.4. The Labute approximate surface area is 302 Å². The van der Waals surface area contributed by atoms with E-state index in [4.69, 9.17) is 14.6 Å². The Morgan fingerprint density at radius 2 is 1.46 bits per heavy atom. The quantitative estimate of drug-likeness (QED) is 0.0431. The maximum absolute atomic E-state index is 12.8. The van der Waals surface area contributed by atoms with E-state index in [2.05, 4.69) is 33.8 Å². The van der Waals surface area contributed by atoms with Crippen LogP contribution in [0.15, 0.2) is 24.0 Å². The first-order valence-electron chi connectivity index (χ1n) is 19.4. The van der Waals surface area contributed by atoms with Crippen molar-refractivity contribution >= 4 is 11.8 Å². The minimum Gasteiger partial charge on any atom is -0.512 e. The lowest BCUT2D eigenvalue weighted by Crippen LogP contribution is -2.44. The van der Waals surface area contributed by atoms with Crippen LogP contribution in [0.2, 0.25) is 0 Å². The molecule has 2 aliphatic heterocycles. The highest BCUT2D eigenvalue weighted by molar-refractivity contribution is 5.91. The van der Waals surface area contributed by atoms with Gasteiger partial charge in [0.15, 0.2) is 5.78 Å². The predicted molar refractivity (Wildman–Crippen MR) is 198 cm³/mol. The highest BCUT2D eigenvalue weighted by atomic mass is 16.6. The highest BCUT2D eigenvalue weighted by Gasteiger charge is 2.51. The number of aliphatic hydroxyl groups is 4. The topological polar surface area (TPSA) is 154 Å². The molecule has 5 N–H and O–H groups in total. The number of ketones is 1. The third kappa shape index (κ3) is 13.6. The van der Waals surface area contributed by atoms with E-state index in [1.54, 1.807) is 6.92 Å². The van der Waals surface area contributed by atoms with Gasteiger partial charge in [-0.1, -0.05) is 60.6 Å². The maximum Gasteiger partial charge on any atom is 0.303 e. The second kappa shape index (κ2) is 19.9. The molecule has 290 valence electrons. The number of aliphatic carboxylic acids is 1. The molecule has 0 aromatic heterocycles. The second-order valence-corrected chi connectivity index (χ2v) is 17.1. The summed E-state index contributed by atoms with van der Waals surface area (Å²) in [5.41, 5.74) is -1.01. The summed E-state index contributed by atoms with van der Waals surface area (Å²) in [5.74, 6) is -0.810. The largest absolute Gasteiger partial charge is 0.512 e. The molecule has 14 atom stereocenters. The molecule has 2 aliphatic rings. The van der Waals surface area contributed by atoms with Crippen LogP contribution < -0.4 is 0 Å². The molecule has 0 aliphatic carbocycles. The van der Waals surface area contributed by atoms with E-state index in [9.17, 15) is 30.0 Å². The van der Waals surface area contributed by atoms with Crippen LogP contribution in [-0.4, -0.2) is 79.0 Å². The summed E-state index contributed by atoms with van der Waals surface area (Å²) in [5, 5.41) is 51.9. The van der Waals surface area contributed by atoms with Gasteiger partial charge >= 0.3 is 5.97 Å². The van der Waals surface area contributed by atoms with Crippen molar-refractivity contribution < 1.29 is 44.6 Å². The number of hydrogen-bond donors (Lipinski definition) is 5. The number of carboxylic acids is 1. The first-order chi connectivity index (χ1) is 23.2. The standard InChI is InChI=1S/C41H72O9/c1-25(21-29(5)34(43)24-35(44)30(6)22-27(3)20-26(2)14-15-38(46)47)12-11-13-28(4)39(48)31(7)36(45)23-33-16-18-41(10,49-33)37-17-19-40(9,50-37)32(8)42/h11,13,24-33,36-37,39,42-43,45,48H,12,14-23H2,1-10H3,(H,46,47)/b13-11+,34-24-/t25-,26-,27+,28-,29-,30+,31+,32-,33?,36+,37-,39-,40+,41+/m1/s1. The fourth-order valence-electron chi connectivity index (χ4n) is 8.02. The van der Waals surface area contributed by atoms with Gasteiger partial charge in [0.2, 0.25) is 0 Å².